The van der Waals surface area contributed by atoms with Gasteiger partial charge in [0.1, 0.15) is 5.82 Å². The van der Waals surface area contributed by atoms with Crippen molar-refractivity contribution in [1.29, 1.82) is 0 Å². The Kier molecular flexibility index (Phi) is 6.80. The van der Waals surface area contributed by atoms with E-state index >= 15 is 0 Å². The van der Waals surface area contributed by atoms with Crippen LogP contribution in [0.5, 0.6) is 0 Å². The van der Waals surface area contributed by atoms with Crippen LogP contribution in [0.1, 0.15) is 17.0 Å². The Labute approximate surface area is 192 Å². The molecule has 3 aromatic rings. The summed E-state index contributed by atoms with van der Waals surface area (Å²) in [5.41, 5.74) is 4.16. The lowest BCUT2D eigenvalue weighted by Gasteiger charge is -2.34. The van der Waals surface area contributed by atoms with E-state index in [-0.39, 0.29) is 6.61 Å². The van der Waals surface area contributed by atoms with Crippen molar-refractivity contribution in [3.8, 4) is 11.1 Å². The molecule has 0 atom stereocenters. The quantitative estimate of drug-likeness (QED) is 0.589. The average molecular weight is 455 g/mol. The molecule has 0 aliphatic carbocycles. The number of aryl methyl sites for hydroxylation is 3. The molecule has 0 saturated carbocycles. The third kappa shape index (κ3) is 5.26. The van der Waals surface area contributed by atoms with Gasteiger partial charge in [-0.1, -0.05) is 6.07 Å². The standard InChI is InChI=1S/C24H28F2N6O/c1-15-12-19(18-4-5-20(25)21(26)14-18)13-16(2)22(15)29-23-27-17(3)28-24(30-23)32-8-6-31(7-9-32)10-11-33/h4-5,12-14,33H,6-11H2,1-3H3,(H,27,28,29,30). The maximum atomic E-state index is 13.7. The Hall–Kier alpha value is -3.17. The van der Waals surface area contributed by atoms with Crippen molar-refractivity contribution in [2.45, 2.75) is 20.8 Å². The second kappa shape index (κ2) is 9.76. The van der Waals surface area contributed by atoms with Crippen molar-refractivity contribution in [2.75, 3.05) is 49.5 Å². The van der Waals surface area contributed by atoms with Gasteiger partial charge in [-0.25, -0.2) is 8.78 Å². The predicted octanol–water partition coefficient (Wildman–Crippen LogP) is 3.60. The van der Waals surface area contributed by atoms with Crippen LogP contribution in [0.25, 0.3) is 11.1 Å². The smallest absolute Gasteiger partial charge is 0.232 e. The molecule has 174 valence electrons. The second-order valence-electron chi connectivity index (χ2n) is 8.30. The second-order valence-corrected chi connectivity index (χ2v) is 8.30. The number of aliphatic hydroxyl groups excluding tert-OH is 1. The largest absolute Gasteiger partial charge is 0.395 e. The highest BCUT2D eigenvalue weighted by Crippen LogP contribution is 2.31. The van der Waals surface area contributed by atoms with Gasteiger partial charge in [0.15, 0.2) is 11.6 Å². The van der Waals surface area contributed by atoms with Crippen molar-refractivity contribution >= 4 is 17.6 Å². The summed E-state index contributed by atoms with van der Waals surface area (Å²) in [6, 6.07) is 7.77. The van der Waals surface area contributed by atoms with E-state index in [4.69, 9.17) is 5.11 Å². The minimum Gasteiger partial charge on any atom is -0.395 e. The average Bonchev–Trinajstić information content (AvgIpc) is 2.78. The zero-order valence-corrected chi connectivity index (χ0v) is 19.1. The fourth-order valence-electron chi connectivity index (χ4n) is 4.09. The van der Waals surface area contributed by atoms with E-state index in [0.717, 1.165) is 54.6 Å². The molecule has 1 aliphatic heterocycles. The van der Waals surface area contributed by atoms with Crippen LogP contribution in [-0.2, 0) is 0 Å². The number of aliphatic hydroxyl groups is 1. The van der Waals surface area contributed by atoms with Crippen LogP contribution >= 0.6 is 0 Å². The SMILES string of the molecule is Cc1nc(Nc2c(C)cc(-c3ccc(F)c(F)c3)cc2C)nc(N2CCN(CCO)CC2)n1. The highest BCUT2D eigenvalue weighted by atomic mass is 19.2. The highest BCUT2D eigenvalue weighted by molar-refractivity contribution is 5.73. The molecule has 4 rings (SSSR count). The van der Waals surface area contributed by atoms with Crippen molar-refractivity contribution in [3.63, 3.8) is 0 Å². The number of piperazine rings is 1. The van der Waals surface area contributed by atoms with Gasteiger partial charge in [0.2, 0.25) is 11.9 Å². The van der Waals surface area contributed by atoms with Gasteiger partial charge >= 0.3 is 0 Å². The van der Waals surface area contributed by atoms with Crippen LogP contribution in [0.3, 0.4) is 0 Å². The number of nitrogens with one attached hydrogen (secondary N) is 1. The number of hydrogen-bond donors (Lipinski definition) is 2. The fourth-order valence-corrected chi connectivity index (χ4v) is 4.09. The maximum absolute atomic E-state index is 13.7. The molecular weight excluding hydrogens is 426 g/mol. The van der Waals surface area contributed by atoms with Crippen molar-refractivity contribution in [2.24, 2.45) is 0 Å². The van der Waals surface area contributed by atoms with Gasteiger partial charge in [0.05, 0.1) is 6.61 Å². The van der Waals surface area contributed by atoms with E-state index in [1.165, 1.54) is 6.07 Å². The van der Waals surface area contributed by atoms with E-state index in [1.54, 1.807) is 6.07 Å². The summed E-state index contributed by atoms with van der Waals surface area (Å²) in [5.74, 6) is -0.0184. The summed E-state index contributed by atoms with van der Waals surface area (Å²) in [6.45, 7) is 9.83. The zero-order chi connectivity index (χ0) is 23.5. The number of halogens is 2. The third-order valence-corrected chi connectivity index (χ3v) is 5.83. The first-order valence-electron chi connectivity index (χ1n) is 11.0. The molecule has 7 nitrogen and oxygen atoms in total. The first-order valence-corrected chi connectivity index (χ1v) is 11.0. The van der Waals surface area contributed by atoms with Crippen LogP contribution in [0, 0.1) is 32.4 Å². The van der Waals surface area contributed by atoms with Crippen LogP contribution in [0.2, 0.25) is 0 Å². The number of hydrogen-bond acceptors (Lipinski definition) is 7. The molecule has 0 spiro atoms. The van der Waals surface area contributed by atoms with Crippen LogP contribution in [0.4, 0.5) is 26.4 Å². The normalized spacial score (nSPS) is 14.5. The Bertz CT molecular complexity index is 1120. The highest BCUT2D eigenvalue weighted by Gasteiger charge is 2.20. The number of anilines is 3. The minimum absolute atomic E-state index is 0.159. The molecule has 1 saturated heterocycles. The third-order valence-electron chi connectivity index (χ3n) is 5.83. The molecule has 0 bridgehead atoms. The Morgan fingerprint density at radius 3 is 2.21 bits per heavy atom. The molecule has 2 N–H and O–H groups in total. The van der Waals surface area contributed by atoms with E-state index in [2.05, 4.69) is 30.1 Å². The summed E-state index contributed by atoms with van der Waals surface area (Å²) >= 11 is 0. The lowest BCUT2D eigenvalue weighted by Crippen LogP contribution is -2.47. The van der Waals surface area contributed by atoms with Crippen LogP contribution in [-0.4, -0.2) is 64.3 Å². The Morgan fingerprint density at radius 1 is 0.879 bits per heavy atom. The van der Waals surface area contributed by atoms with Crippen LogP contribution < -0.4 is 10.2 Å². The van der Waals surface area contributed by atoms with Crippen molar-refractivity contribution in [1.82, 2.24) is 19.9 Å². The van der Waals surface area contributed by atoms with Gasteiger partial charge in [0.25, 0.3) is 0 Å². The summed E-state index contributed by atoms with van der Waals surface area (Å²) in [7, 11) is 0. The first-order chi connectivity index (χ1) is 15.8. The number of nitrogens with zero attached hydrogens (tertiary/aromatic N) is 5. The molecule has 9 heteroatoms. The van der Waals surface area contributed by atoms with Gasteiger partial charge in [-0.3, -0.25) is 4.90 Å². The molecule has 1 aliphatic rings. The number of benzene rings is 2. The van der Waals surface area contributed by atoms with Crippen molar-refractivity contribution in [3.05, 3.63) is 58.9 Å². The molecule has 0 radical (unpaired) electrons. The number of β-amino-alcohol motifs (C(OH)–C–C–N with tert-alkyl or cyclic N) is 1. The molecule has 2 aromatic carbocycles. The van der Waals surface area contributed by atoms with E-state index < -0.39 is 11.6 Å². The molecule has 0 unspecified atom stereocenters. The van der Waals surface area contributed by atoms with Gasteiger partial charge in [-0.05, 0) is 67.3 Å². The molecule has 1 fully saturated rings. The number of rotatable bonds is 6. The summed E-state index contributed by atoms with van der Waals surface area (Å²) in [5, 5.41) is 12.5. The molecular formula is C24H28F2N6O. The van der Waals surface area contributed by atoms with E-state index in [0.29, 0.717) is 29.8 Å². The van der Waals surface area contributed by atoms with Gasteiger partial charge < -0.3 is 15.3 Å². The van der Waals surface area contributed by atoms with Crippen LogP contribution in [0.15, 0.2) is 30.3 Å². The van der Waals surface area contributed by atoms with Crippen molar-refractivity contribution < 1.29 is 13.9 Å². The lowest BCUT2D eigenvalue weighted by molar-refractivity contribution is 0.188. The van der Waals surface area contributed by atoms with Gasteiger partial charge in [-0.2, -0.15) is 15.0 Å². The zero-order valence-electron chi connectivity index (χ0n) is 19.1. The molecule has 0 amide bonds. The summed E-state index contributed by atoms with van der Waals surface area (Å²) in [6.07, 6.45) is 0. The molecule has 33 heavy (non-hydrogen) atoms. The Balaban J connectivity index is 1.56. The van der Waals surface area contributed by atoms with E-state index in [1.807, 2.05) is 32.9 Å². The topological polar surface area (TPSA) is 77.4 Å². The summed E-state index contributed by atoms with van der Waals surface area (Å²) < 4.78 is 27.0. The number of aromatic nitrogens is 3. The fraction of sp³-hybridized carbons (Fsp3) is 0.375. The monoisotopic (exact) mass is 454 g/mol. The molecule has 1 aromatic heterocycles. The Morgan fingerprint density at radius 2 is 1.58 bits per heavy atom. The maximum Gasteiger partial charge on any atom is 0.232 e. The first kappa shape index (κ1) is 23.0. The van der Waals surface area contributed by atoms with E-state index in [9.17, 15) is 8.78 Å². The molecule has 2 heterocycles. The predicted molar refractivity (Wildman–Crippen MR) is 125 cm³/mol. The lowest BCUT2D eigenvalue weighted by atomic mass is 9.98. The summed E-state index contributed by atoms with van der Waals surface area (Å²) in [4.78, 5) is 18.0. The van der Waals surface area contributed by atoms with Gasteiger partial charge in [0, 0.05) is 38.4 Å². The minimum atomic E-state index is -0.865. The van der Waals surface area contributed by atoms with Gasteiger partial charge in [-0.15, -0.1) is 0 Å².